The summed E-state index contributed by atoms with van der Waals surface area (Å²) in [6, 6.07) is 3.57. The van der Waals surface area contributed by atoms with Gasteiger partial charge >= 0.3 is 0 Å². The Balaban J connectivity index is 2.79. The van der Waals surface area contributed by atoms with Crippen LogP contribution in [0.2, 0.25) is 0 Å². The molecule has 0 unspecified atom stereocenters. The molecule has 1 N–H and O–H groups in total. The van der Waals surface area contributed by atoms with Gasteiger partial charge in [-0.2, -0.15) is 5.10 Å². The number of nitrogens with zero attached hydrogens (tertiary/aromatic N) is 2. The Kier molecular flexibility index (Phi) is 2.60. The molecule has 0 aliphatic heterocycles. The molecule has 0 saturated carbocycles. The standard InChI is InChI=1S/C13H19N3O/c1-8(2)9-6-11-14-12(17)7-10(13(3,4)5)16(11)15-9/h6-8H,1-5H3,(H,14,17). The third-order valence-corrected chi connectivity index (χ3v) is 2.84. The van der Waals surface area contributed by atoms with Crippen LogP contribution in [-0.4, -0.2) is 14.6 Å². The Morgan fingerprint density at radius 2 is 1.94 bits per heavy atom. The maximum Gasteiger partial charge on any atom is 0.251 e. The van der Waals surface area contributed by atoms with Gasteiger partial charge in [-0.1, -0.05) is 34.6 Å². The summed E-state index contributed by atoms with van der Waals surface area (Å²) in [6.07, 6.45) is 0. The smallest absolute Gasteiger partial charge is 0.251 e. The lowest BCUT2D eigenvalue weighted by Crippen LogP contribution is -2.22. The highest BCUT2D eigenvalue weighted by Gasteiger charge is 2.20. The fourth-order valence-electron chi connectivity index (χ4n) is 1.84. The largest absolute Gasteiger partial charge is 0.307 e. The lowest BCUT2D eigenvalue weighted by molar-refractivity contribution is 0.543. The molecule has 4 nitrogen and oxygen atoms in total. The van der Waals surface area contributed by atoms with Crippen molar-refractivity contribution in [2.45, 2.75) is 46.0 Å². The molecule has 2 aromatic heterocycles. The molecule has 0 fully saturated rings. The second-order valence-electron chi connectivity index (χ2n) is 5.79. The molecule has 0 atom stereocenters. The Labute approximate surface area is 101 Å². The Hall–Kier alpha value is -1.58. The van der Waals surface area contributed by atoms with Crippen molar-refractivity contribution in [2.75, 3.05) is 0 Å². The maximum atomic E-state index is 11.6. The molecule has 0 aliphatic rings. The van der Waals surface area contributed by atoms with Gasteiger partial charge < -0.3 is 4.98 Å². The molecule has 0 bridgehead atoms. The van der Waals surface area contributed by atoms with Gasteiger partial charge in [-0.25, -0.2) is 4.52 Å². The van der Waals surface area contributed by atoms with E-state index < -0.39 is 0 Å². The molecule has 0 amide bonds. The number of fused-ring (bicyclic) bond motifs is 1. The zero-order chi connectivity index (χ0) is 12.8. The van der Waals surface area contributed by atoms with Crippen LogP contribution in [0.3, 0.4) is 0 Å². The summed E-state index contributed by atoms with van der Waals surface area (Å²) in [6.45, 7) is 10.4. The molecule has 4 heteroatoms. The number of aromatic nitrogens is 3. The quantitative estimate of drug-likeness (QED) is 0.822. The second-order valence-corrected chi connectivity index (χ2v) is 5.79. The molecule has 0 radical (unpaired) electrons. The van der Waals surface area contributed by atoms with Crippen LogP contribution in [0.4, 0.5) is 0 Å². The molecular weight excluding hydrogens is 214 g/mol. The lowest BCUT2D eigenvalue weighted by atomic mass is 9.92. The zero-order valence-corrected chi connectivity index (χ0v) is 11.0. The average Bonchev–Trinajstić information content (AvgIpc) is 2.58. The van der Waals surface area contributed by atoms with E-state index in [0.29, 0.717) is 5.92 Å². The number of hydrogen-bond acceptors (Lipinski definition) is 2. The molecule has 0 spiro atoms. The summed E-state index contributed by atoms with van der Waals surface area (Å²) in [7, 11) is 0. The molecule has 2 aromatic rings. The van der Waals surface area contributed by atoms with Crippen LogP contribution in [0.5, 0.6) is 0 Å². The van der Waals surface area contributed by atoms with E-state index in [1.54, 1.807) is 6.07 Å². The van der Waals surface area contributed by atoms with Crippen LogP contribution in [0.25, 0.3) is 5.65 Å². The highest BCUT2D eigenvalue weighted by Crippen LogP contribution is 2.22. The van der Waals surface area contributed by atoms with Crippen LogP contribution in [-0.2, 0) is 5.41 Å². The first kappa shape index (κ1) is 11.9. The van der Waals surface area contributed by atoms with E-state index in [0.717, 1.165) is 17.0 Å². The first-order valence-corrected chi connectivity index (χ1v) is 5.92. The Bertz CT molecular complexity index is 599. The number of aromatic amines is 1. The normalized spacial score (nSPS) is 12.6. The Morgan fingerprint density at radius 1 is 1.29 bits per heavy atom. The van der Waals surface area contributed by atoms with Crippen molar-refractivity contribution in [1.29, 1.82) is 0 Å². The van der Waals surface area contributed by atoms with Gasteiger partial charge in [0.05, 0.1) is 11.4 Å². The van der Waals surface area contributed by atoms with Crippen molar-refractivity contribution in [1.82, 2.24) is 14.6 Å². The fourth-order valence-corrected chi connectivity index (χ4v) is 1.84. The van der Waals surface area contributed by atoms with E-state index >= 15 is 0 Å². The Morgan fingerprint density at radius 3 is 2.47 bits per heavy atom. The molecule has 2 rings (SSSR count). The summed E-state index contributed by atoms with van der Waals surface area (Å²) >= 11 is 0. The fraction of sp³-hybridized carbons (Fsp3) is 0.538. The van der Waals surface area contributed by atoms with Crippen molar-refractivity contribution in [3.8, 4) is 0 Å². The van der Waals surface area contributed by atoms with E-state index in [1.165, 1.54) is 0 Å². The number of H-pyrrole nitrogens is 1. The molecule has 0 saturated heterocycles. The van der Waals surface area contributed by atoms with E-state index in [2.05, 4.69) is 44.7 Å². The van der Waals surface area contributed by atoms with Crippen LogP contribution in [0.1, 0.15) is 51.9 Å². The van der Waals surface area contributed by atoms with Crippen LogP contribution >= 0.6 is 0 Å². The van der Waals surface area contributed by atoms with E-state index in [4.69, 9.17) is 0 Å². The average molecular weight is 233 g/mol. The summed E-state index contributed by atoms with van der Waals surface area (Å²) in [5.74, 6) is 0.353. The number of hydrogen-bond donors (Lipinski definition) is 1. The summed E-state index contributed by atoms with van der Waals surface area (Å²) in [4.78, 5) is 14.5. The van der Waals surface area contributed by atoms with Crippen molar-refractivity contribution >= 4 is 5.65 Å². The van der Waals surface area contributed by atoms with Crippen LogP contribution in [0, 0.1) is 0 Å². The van der Waals surface area contributed by atoms with Gasteiger partial charge in [0.15, 0.2) is 0 Å². The van der Waals surface area contributed by atoms with Gasteiger partial charge in [0.1, 0.15) is 5.65 Å². The van der Waals surface area contributed by atoms with Crippen LogP contribution in [0.15, 0.2) is 16.9 Å². The first-order valence-electron chi connectivity index (χ1n) is 5.92. The number of nitrogens with one attached hydrogen (secondary N) is 1. The van der Waals surface area contributed by atoms with E-state index in [1.807, 2.05) is 10.6 Å². The molecule has 2 heterocycles. The minimum Gasteiger partial charge on any atom is -0.307 e. The van der Waals surface area contributed by atoms with Gasteiger partial charge in [0.25, 0.3) is 5.56 Å². The minimum atomic E-state index is -0.104. The van der Waals surface area contributed by atoms with E-state index in [-0.39, 0.29) is 11.0 Å². The highest BCUT2D eigenvalue weighted by molar-refractivity contribution is 5.42. The van der Waals surface area contributed by atoms with Gasteiger partial charge in [0.2, 0.25) is 0 Å². The highest BCUT2D eigenvalue weighted by atomic mass is 16.1. The predicted molar refractivity (Wildman–Crippen MR) is 68.6 cm³/mol. The second kappa shape index (κ2) is 3.72. The monoisotopic (exact) mass is 233 g/mol. The maximum absolute atomic E-state index is 11.6. The SMILES string of the molecule is CC(C)c1cc2[nH]c(=O)cc(C(C)(C)C)n2n1. The topological polar surface area (TPSA) is 50.2 Å². The van der Waals surface area contributed by atoms with Crippen LogP contribution < -0.4 is 5.56 Å². The van der Waals surface area contributed by atoms with Crippen molar-refractivity contribution in [3.05, 3.63) is 33.9 Å². The van der Waals surface area contributed by atoms with Gasteiger partial charge in [-0.3, -0.25) is 4.79 Å². The third kappa shape index (κ3) is 2.12. The van der Waals surface area contributed by atoms with Crippen molar-refractivity contribution in [3.63, 3.8) is 0 Å². The molecule has 0 aromatic carbocycles. The van der Waals surface area contributed by atoms with E-state index in [9.17, 15) is 4.79 Å². The van der Waals surface area contributed by atoms with Gasteiger partial charge in [-0.05, 0) is 5.92 Å². The summed E-state index contributed by atoms with van der Waals surface area (Å²) in [5, 5.41) is 4.57. The predicted octanol–water partition coefficient (Wildman–Crippen LogP) is 2.44. The first-order chi connectivity index (χ1) is 7.79. The lowest BCUT2D eigenvalue weighted by Gasteiger charge is -2.19. The summed E-state index contributed by atoms with van der Waals surface area (Å²) in [5.41, 5.74) is 2.52. The number of rotatable bonds is 1. The third-order valence-electron chi connectivity index (χ3n) is 2.84. The van der Waals surface area contributed by atoms with Gasteiger partial charge in [0, 0.05) is 17.5 Å². The molecule has 17 heavy (non-hydrogen) atoms. The molecule has 0 aliphatic carbocycles. The zero-order valence-electron chi connectivity index (χ0n) is 11.0. The molecular formula is C13H19N3O. The van der Waals surface area contributed by atoms with Crippen molar-refractivity contribution < 1.29 is 0 Å². The molecule has 92 valence electrons. The minimum absolute atomic E-state index is 0.0716. The summed E-state index contributed by atoms with van der Waals surface area (Å²) < 4.78 is 1.84. The van der Waals surface area contributed by atoms with Crippen molar-refractivity contribution in [2.24, 2.45) is 0 Å². The van der Waals surface area contributed by atoms with Gasteiger partial charge in [-0.15, -0.1) is 0 Å².